The molecule has 4 heteroatoms. The lowest BCUT2D eigenvalue weighted by atomic mass is 10.0. The smallest absolute Gasteiger partial charge is 0.339 e. The van der Waals surface area contributed by atoms with Gasteiger partial charge in [0, 0.05) is 12.6 Å². The van der Waals surface area contributed by atoms with Gasteiger partial charge in [-0.2, -0.15) is 0 Å². The molecule has 1 aromatic heterocycles. The van der Waals surface area contributed by atoms with E-state index in [2.05, 4.69) is 28.2 Å². The summed E-state index contributed by atoms with van der Waals surface area (Å²) in [5.41, 5.74) is 4.21. The van der Waals surface area contributed by atoms with Crippen LogP contribution in [0, 0.1) is 20.8 Å². The summed E-state index contributed by atoms with van der Waals surface area (Å²) < 4.78 is 0. The maximum absolute atomic E-state index is 10.9. The first-order valence-corrected chi connectivity index (χ1v) is 6.09. The minimum absolute atomic E-state index is 0.157. The van der Waals surface area contributed by atoms with Gasteiger partial charge in [0.25, 0.3) is 0 Å². The molecule has 0 aliphatic rings. The Morgan fingerprint density at radius 2 is 2.00 bits per heavy atom. The molecule has 0 fully saturated rings. The maximum atomic E-state index is 10.9. The van der Waals surface area contributed by atoms with Gasteiger partial charge in [-0.15, -0.1) is 0 Å². The van der Waals surface area contributed by atoms with Crippen molar-refractivity contribution in [3.8, 4) is 0 Å². The Balaban J connectivity index is 2.31. The SMILES string of the molecule is Cc1ccc(C)c(Cc2ncc(C(=O)O)c(C)n2)c1. The van der Waals surface area contributed by atoms with E-state index < -0.39 is 5.97 Å². The predicted octanol–water partition coefficient (Wildman–Crippen LogP) is 2.69. The van der Waals surface area contributed by atoms with E-state index in [-0.39, 0.29) is 5.56 Å². The molecule has 0 bridgehead atoms. The Bertz CT molecular complexity index is 636. The normalized spacial score (nSPS) is 10.5. The molecule has 1 heterocycles. The van der Waals surface area contributed by atoms with Crippen molar-refractivity contribution in [2.45, 2.75) is 27.2 Å². The van der Waals surface area contributed by atoms with E-state index in [0.717, 1.165) is 0 Å². The fourth-order valence-electron chi connectivity index (χ4n) is 1.97. The number of rotatable bonds is 3. The standard InChI is InChI=1S/C15H16N2O2/c1-9-4-5-10(2)12(6-9)7-14-16-8-13(15(18)19)11(3)17-14/h4-6,8H,7H2,1-3H3,(H,18,19). The number of aryl methyl sites for hydroxylation is 3. The molecule has 98 valence electrons. The van der Waals surface area contributed by atoms with Crippen LogP contribution in [0.5, 0.6) is 0 Å². The molecule has 0 aliphatic carbocycles. The van der Waals surface area contributed by atoms with Crippen molar-refractivity contribution in [3.05, 3.63) is 58.2 Å². The quantitative estimate of drug-likeness (QED) is 0.917. The molecule has 1 N–H and O–H groups in total. The first-order valence-electron chi connectivity index (χ1n) is 6.09. The van der Waals surface area contributed by atoms with Gasteiger partial charge in [0.05, 0.1) is 11.3 Å². The van der Waals surface area contributed by atoms with Crippen molar-refractivity contribution in [2.24, 2.45) is 0 Å². The zero-order chi connectivity index (χ0) is 14.0. The number of nitrogens with zero attached hydrogens (tertiary/aromatic N) is 2. The first kappa shape index (κ1) is 13.2. The Labute approximate surface area is 112 Å². The summed E-state index contributed by atoms with van der Waals surface area (Å²) in [5.74, 6) is -0.341. The number of aromatic nitrogens is 2. The topological polar surface area (TPSA) is 63.1 Å². The van der Waals surface area contributed by atoms with Crippen LogP contribution in [0.15, 0.2) is 24.4 Å². The second-order valence-electron chi connectivity index (χ2n) is 4.70. The lowest BCUT2D eigenvalue weighted by Crippen LogP contribution is -2.07. The van der Waals surface area contributed by atoms with Gasteiger partial charge in [-0.3, -0.25) is 0 Å². The average molecular weight is 256 g/mol. The van der Waals surface area contributed by atoms with Gasteiger partial charge in [0.2, 0.25) is 0 Å². The number of benzene rings is 1. The fourth-order valence-corrected chi connectivity index (χ4v) is 1.97. The summed E-state index contributed by atoms with van der Waals surface area (Å²) in [7, 11) is 0. The highest BCUT2D eigenvalue weighted by Gasteiger charge is 2.10. The second kappa shape index (κ2) is 5.18. The van der Waals surface area contributed by atoms with Crippen molar-refractivity contribution < 1.29 is 9.90 Å². The van der Waals surface area contributed by atoms with E-state index in [4.69, 9.17) is 5.11 Å². The third-order valence-electron chi connectivity index (χ3n) is 3.11. The van der Waals surface area contributed by atoms with Crippen molar-refractivity contribution in [3.63, 3.8) is 0 Å². The lowest BCUT2D eigenvalue weighted by Gasteiger charge is -2.07. The van der Waals surface area contributed by atoms with Crippen LogP contribution in [0.4, 0.5) is 0 Å². The van der Waals surface area contributed by atoms with Gasteiger partial charge in [-0.05, 0) is 31.9 Å². The van der Waals surface area contributed by atoms with Gasteiger partial charge in [-0.25, -0.2) is 14.8 Å². The number of carbonyl (C=O) groups is 1. The third-order valence-corrected chi connectivity index (χ3v) is 3.11. The Morgan fingerprint density at radius 1 is 1.26 bits per heavy atom. The van der Waals surface area contributed by atoms with Crippen molar-refractivity contribution in [2.75, 3.05) is 0 Å². The average Bonchev–Trinajstić information content (AvgIpc) is 2.33. The molecule has 0 saturated heterocycles. The molecule has 4 nitrogen and oxygen atoms in total. The van der Waals surface area contributed by atoms with Gasteiger partial charge in [-0.1, -0.05) is 23.8 Å². The number of carboxylic acids is 1. The van der Waals surface area contributed by atoms with E-state index in [0.29, 0.717) is 17.9 Å². The summed E-state index contributed by atoms with van der Waals surface area (Å²) in [6.45, 7) is 5.79. The molecule has 0 unspecified atom stereocenters. The minimum Gasteiger partial charge on any atom is -0.478 e. The summed E-state index contributed by atoms with van der Waals surface area (Å²) in [6.07, 6.45) is 2.00. The van der Waals surface area contributed by atoms with Crippen LogP contribution >= 0.6 is 0 Å². The number of hydrogen-bond acceptors (Lipinski definition) is 3. The van der Waals surface area contributed by atoms with Crippen molar-refractivity contribution in [1.82, 2.24) is 9.97 Å². The van der Waals surface area contributed by atoms with Crippen LogP contribution < -0.4 is 0 Å². The molecule has 0 saturated carbocycles. The van der Waals surface area contributed by atoms with E-state index in [1.165, 1.54) is 22.9 Å². The monoisotopic (exact) mass is 256 g/mol. The molecule has 2 aromatic rings. The zero-order valence-electron chi connectivity index (χ0n) is 11.3. The molecule has 0 spiro atoms. The Hall–Kier alpha value is -2.23. The molecule has 0 atom stereocenters. The number of hydrogen-bond donors (Lipinski definition) is 1. The Morgan fingerprint density at radius 3 is 2.63 bits per heavy atom. The molecular formula is C15H16N2O2. The second-order valence-corrected chi connectivity index (χ2v) is 4.70. The van der Waals surface area contributed by atoms with Crippen LogP contribution in [0.25, 0.3) is 0 Å². The van der Waals surface area contributed by atoms with E-state index in [1.54, 1.807) is 6.92 Å². The van der Waals surface area contributed by atoms with E-state index >= 15 is 0 Å². The number of carboxylic acid groups (broad SMARTS) is 1. The van der Waals surface area contributed by atoms with Gasteiger partial charge in [0.15, 0.2) is 0 Å². The van der Waals surface area contributed by atoms with Gasteiger partial charge < -0.3 is 5.11 Å². The molecule has 0 amide bonds. The van der Waals surface area contributed by atoms with Crippen LogP contribution in [0.3, 0.4) is 0 Å². The minimum atomic E-state index is -0.990. The highest BCUT2D eigenvalue weighted by molar-refractivity contribution is 5.88. The molecule has 1 aromatic carbocycles. The first-order chi connectivity index (χ1) is 8.97. The highest BCUT2D eigenvalue weighted by atomic mass is 16.4. The summed E-state index contributed by atoms with van der Waals surface area (Å²) in [4.78, 5) is 19.3. The molecule has 0 radical (unpaired) electrons. The largest absolute Gasteiger partial charge is 0.478 e. The third kappa shape index (κ3) is 2.96. The fraction of sp³-hybridized carbons (Fsp3) is 0.267. The van der Waals surface area contributed by atoms with E-state index in [1.807, 2.05) is 13.8 Å². The predicted molar refractivity (Wildman–Crippen MR) is 72.5 cm³/mol. The van der Waals surface area contributed by atoms with Crippen molar-refractivity contribution in [1.29, 1.82) is 0 Å². The molecule has 0 aliphatic heterocycles. The van der Waals surface area contributed by atoms with Crippen LogP contribution in [-0.2, 0) is 6.42 Å². The number of aromatic carboxylic acids is 1. The molecular weight excluding hydrogens is 240 g/mol. The van der Waals surface area contributed by atoms with Crippen molar-refractivity contribution >= 4 is 5.97 Å². The van der Waals surface area contributed by atoms with Gasteiger partial charge in [0.1, 0.15) is 5.82 Å². The van der Waals surface area contributed by atoms with Crippen LogP contribution in [0.1, 0.15) is 38.6 Å². The summed E-state index contributed by atoms with van der Waals surface area (Å²) >= 11 is 0. The summed E-state index contributed by atoms with van der Waals surface area (Å²) in [6, 6.07) is 6.25. The zero-order valence-corrected chi connectivity index (χ0v) is 11.3. The van der Waals surface area contributed by atoms with E-state index in [9.17, 15) is 4.79 Å². The van der Waals surface area contributed by atoms with Crippen LogP contribution in [0.2, 0.25) is 0 Å². The Kier molecular flexibility index (Phi) is 3.60. The maximum Gasteiger partial charge on any atom is 0.339 e. The van der Waals surface area contributed by atoms with Gasteiger partial charge >= 0.3 is 5.97 Å². The highest BCUT2D eigenvalue weighted by Crippen LogP contribution is 2.14. The van der Waals surface area contributed by atoms with Crippen LogP contribution in [-0.4, -0.2) is 21.0 Å². The molecule has 2 rings (SSSR count). The lowest BCUT2D eigenvalue weighted by molar-refractivity contribution is 0.0695. The summed E-state index contributed by atoms with van der Waals surface area (Å²) in [5, 5.41) is 8.95. The molecule has 19 heavy (non-hydrogen) atoms.